The van der Waals surface area contributed by atoms with Crippen molar-refractivity contribution in [3.05, 3.63) is 60.2 Å². The zero-order valence-electron chi connectivity index (χ0n) is 12.5. The van der Waals surface area contributed by atoms with E-state index < -0.39 is 17.5 Å². The van der Waals surface area contributed by atoms with Crippen LogP contribution < -0.4 is 10.6 Å². The van der Waals surface area contributed by atoms with Gasteiger partial charge in [-0.3, -0.25) is 4.98 Å². The zero-order chi connectivity index (χ0) is 17.1. The van der Waals surface area contributed by atoms with E-state index in [-0.39, 0.29) is 17.5 Å². The minimum absolute atomic E-state index is 0.227. The molecule has 1 aromatic carbocycles. The van der Waals surface area contributed by atoms with Crippen molar-refractivity contribution in [2.24, 2.45) is 0 Å². The van der Waals surface area contributed by atoms with Crippen molar-refractivity contribution in [2.75, 3.05) is 17.7 Å². The van der Waals surface area contributed by atoms with Crippen LogP contribution in [0.3, 0.4) is 0 Å². The van der Waals surface area contributed by atoms with E-state index in [9.17, 15) is 13.2 Å². The third-order valence-electron chi connectivity index (χ3n) is 3.22. The molecule has 24 heavy (non-hydrogen) atoms. The third kappa shape index (κ3) is 3.12. The summed E-state index contributed by atoms with van der Waals surface area (Å²) < 4.78 is 40.2. The molecular weight excluding hydrogens is 319 g/mol. The number of nitrogens with zero attached hydrogens (tertiary/aromatic N) is 3. The summed E-state index contributed by atoms with van der Waals surface area (Å²) >= 11 is 0. The number of benzene rings is 1. The van der Waals surface area contributed by atoms with Gasteiger partial charge >= 0.3 is 0 Å². The molecule has 0 aliphatic heterocycles. The number of pyridine rings is 1. The summed E-state index contributed by atoms with van der Waals surface area (Å²) in [6.07, 6.45) is 3.22. The third-order valence-corrected chi connectivity index (χ3v) is 3.22. The molecule has 0 amide bonds. The van der Waals surface area contributed by atoms with Crippen LogP contribution in [0.5, 0.6) is 0 Å². The van der Waals surface area contributed by atoms with Crippen molar-refractivity contribution in [1.29, 1.82) is 0 Å². The molecule has 0 saturated heterocycles. The van der Waals surface area contributed by atoms with Gasteiger partial charge in [0.05, 0.1) is 11.4 Å². The minimum Gasteiger partial charge on any atom is -0.357 e. The predicted molar refractivity (Wildman–Crippen MR) is 84.4 cm³/mol. The largest absolute Gasteiger partial charge is 0.357 e. The van der Waals surface area contributed by atoms with E-state index in [1.54, 1.807) is 37.6 Å². The van der Waals surface area contributed by atoms with E-state index in [1.165, 1.54) is 0 Å². The molecule has 0 aliphatic rings. The van der Waals surface area contributed by atoms with Gasteiger partial charge in [0.2, 0.25) is 5.95 Å². The van der Waals surface area contributed by atoms with E-state index in [0.717, 1.165) is 17.7 Å². The number of nitrogens with one attached hydrogen (secondary N) is 2. The van der Waals surface area contributed by atoms with Gasteiger partial charge in [0.15, 0.2) is 17.5 Å². The van der Waals surface area contributed by atoms with Crippen LogP contribution in [-0.4, -0.2) is 22.0 Å². The molecule has 0 radical (unpaired) electrons. The van der Waals surface area contributed by atoms with Crippen LogP contribution in [0.15, 0.2) is 42.7 Å². The summed E-state index contributed by atoms with van der Waals surface area (Å²) in [7, 11) is 1.63. The fourth-order valence-corrected chi connectivity index (χ4v) is 2.05. The highest BCUT2D eigenvalue weighted by molar-refractivity contribution is 5.67. The first-order valence-electron chi connectivity index (χ1n) is 6.96. The topological polar surface area (TPSA) is 62.7 Å². The quantitative estimate of drug-likeness (QED) is 0.713. The Morgan fingerprint density at radius 2 is 1.67 bits per heavy atom. The molecule has 5 nitrogen and oxygen atoms in total. The summed E-state index contributed by atoms with van der Waals surface area (Å²) in [5.74, 6) is -3.60. The Morgan fingerprint density at radius 1 is 0.917 bits per heavy atom. The van der Waals surface area contributed by atoms with Crippen molar-refractivity contribution in [3.63, 3.8) is 0 Å². The van der Waals surface area contributed by atoms with E-state index in [2.05, 4.69) is 25.6 Å². The first-order valence-corrected chi connectivity index (χ1v) is 6.96. The standard InChI is InChI=1S/C16H12F3N5/c1-20-16-23-12(9-4-6-21-7-5-9)8-13(24-16)22-11-3-2-10(17)14(18)15(11)19/h2-8H,1H3,(H2,20,22,23,24). The number of rotatable bonds is 4. The van der Waals surface area contributed by atoms with Crippen molar-refractivity contribution in [2.45, 2.75) is 0 Å². The van der Waals surface area contributed by atoms with E-state index in [1.807, 2.05) is 0 Å². The van der Waals surface area contributed by atoms with Gasteiger partial charge in [0, 0.05) is 31.1 Å². The second kappa shape index (κ2) is 6.53. The second-order valence-corrected chi connectivity index (χ2v) is 4.80. The number of hydrogen-bond acceptors (Lipinski definition) is 5. The van der Waals surface area contributed by atoms with Gasteiger partial charge in [-0.05, 0) is 24.3 Å². The van der Waals surface area contributed by atoms with Crippen LogP contribution in [0, 0.1) is 17.5 Å². The molecule has 3 aromatic rings. The Bertz CT molecular complexity index is 871. The van der Waals surface area contributed by atoms with E-state index in [4.69, 9.17) is 0 Å². The molecule has 3 rings (SSSR count). The molecule has 0 saturated carbocycles. The fraction of sp³-hybridized carbons (Fsp3) is 0.0625. The van der Waals surface area contributed by atoms with Crippen LogP contribution in [0.25, 0.3) is 11.3 Å². The molecule has 0 aliphatic carbocycles. The normalized spacial score (nSPS) is 10.5. The Hall–Kier alpha value is -3.16. The van der Waals surface area contributed by atoms with Crippen molar-refractivity contribution in [3.8, 4) is 11.3 Å². The lowest BCUT2D eigenvalue weighted by atomic mass is 10.2. The van der Waals surface area contributed by atoms with Crippen molar-refractivity contribution < 1.29 is 13.2 Å². The first-order chi connectivity index (χ1) is 11.6. The van der Waals surface area contributed by atoms with Crippen molar-refractivity contribution >= 4 is 17.5 Å². The fourth-order valence-electron chi connectivity index (χ4n) is 2.05. The van der Waals surface area contributed by atoms with Crippen LogP contribution >= 0.6 is 0 Å². The highest BCUT2D eigenvalue weighted by atomic mass is 19.2. The van der Waals surface area contributed by atoms with Gasteiger partial charge in [-0.2, -0.15) is 4.98 Å². The number of aromatic nitrogens is 3. The molecular formula is C16H12F3N5. The van der Waals surface area contributed by atoms with Gasteiger partial charge in [-0.1, -0.05) is 0 Å². The van der Waals surface area contributed by atoms with Gasteiger partial charge < -0.3 is 10.6 Å². The zero-order valence-corrected chi connectivity index (χ0v) is 12.5. The summed E-state index contributed by atoms with van der Waals surface area (Å²) in [4.78, 5) is 12.4. The lowest BCUT2D eigenvalue weighted by molar-refractivity contribution is 0.449. The molecule has 0 unspecified atom stereocenters. The monoisotopic (exact) mass is 331 g/mol. The summed E-state index contributed by atoms with van der Waals surface area (Å²) in [6.45, 7) is 0. The van der Waals surface area contributed by atoms with Crippen LogP contribution in [0.4, 0.5) is 30.6 Å². The molecule has 0 bridgehead atoms. The molecule has 2 N–H and O–H groups in total. The van der Waals surface area contributed by atoms with Gasteiger partial charge in [0.1, 0.15) is 5.82 Å². The van der Waals surface area contributed by atoms with Gasteiger partial charge in [0.25, 0.3) is 0 Å². The Kier molecular flexibility index (Phi) is 4.28. The van der Waals surface area contributed by atoms with Crippen LogP contribution in [-0.2, 0) is 0 Å². The maximum absolute atomic E-state index is 13.8. The molecule has 8 heteroatoms. The molecule has 0 fully saturated rings. The lowest BCUT2D eigenvalue weighted by Gasteiger charge is -2.11. The Balaban J connectivity index is 2.01. The van der Waals surface area contributed by atoms with Crippen LogP contribution in [0.2, 0.25) is 0 Å². The molecule has 122 valence electrons. The maximum Gasteiger partial charge on any atom is 0.224 e. The number of hydrogen-bond donors (Lipinski definition) is 2. The minimum atomic E-state index is -1.54. The molecule has 2 aromatic heterocycles. The Morgan fingerprint density at radius 3 is 2.38 bits per heavy atom. The summed E-state index contributed by atoms with van der Waals surface area (Å²) in [6, 6.07) is 7.01. The van der Waals surface area contributed by atoms with Gasteiger partial charge in [-0.15, -0.1) is 0 Å². The SMILES string of the molecule is CNc1nc(Nc2ccc(F)c(F)c2F)cc(-c2ccncc2)n1. The smallest absolute Gasteiger partial charge is 0.224 e. The predicted octanol–water partition coefficient (Wildman–Crippen LogP) is 3.74. The highest BCUT2D eigenvalue weighted by Gasteiger charge is 2.14. The van der Waals surface area contributed by atoms with Crippen LogP contribution in [0.1, 0.15) is 0 Å². The average Bonchev–Trinajstić information content (AvgIpc) is 2.62. The number of anilines is 3. The van der Waals surface area contributed by atoms with E-state index in [0.29, 0.717) is 5.69 Å². The van der Waals surface area contributed by atoms with E-state index >= 15 is 0 Å². The molecule has 2 heterocycles. The number of halogens is 3. The van der Waals surface area contributed by atoms with Crippen molar-refractivity contribution in [1.82, 2.24) is 15.0 Å². The Labute approximate surface area is 135 Å². The average molecular weight is 331 g/mol. The lowest BCUT2D eigenvalue weighted by Crippen LogP contribution is -2.04. The molecule has 0 spiro atoms. The highest BCUT2D eigenvalue weighted by Crippen LogP contribution is 2.26. The van der Waals surface area contributed by atoms with Gasteiger partial charge in [-0.25, -0.2) is 18.2 Å². The second-order valence-electron chi connectivity index (χ2n) is 4.80. The first kappa shape index (κ1) is 15.7. The molecule has 0 atom stereocenters. The summed E-state index contributed by atoms with van der Waals surface area (Å²) in [5, 5.41) is 5.43. The maximum atomic E-state index is 13.8. The summed E-state index contributed by atoms with van der Waals surface area (Å²) in [5.41, 5.74) is 1.11.